The van der Waals surface area contributed by atoms with E-state index in [1.807, 2.05) is 31.4 Å². The molecule has 4 nitrogen and oxygen atoms in total. The maximum atomic E-state index is 11.8. The van der Waals surface area contributed by atoms with Gasteiger partial charge in [0.25, 0.3) is 0 Å². The summed E-state index contributed by atoms with van der Waals surface area (Å²) in [6, 6.07) is 5.52. The van der Waals surface area contributed by atoms with Gasteiger partial charge in [0, 0.05) is 34.1 Å². The normalized spacial score (nSPS) is 11.7. The number of rotatable bonds is 6. The number of nitrogens with one attached hydrogen (secondary N) is 1. The van der Waals surface area contributed by atoms with Crippen LogP contribution < -0.4 is 11.1 Å². The summed E-state index contributed by atoms with van der Waals surface area (Å²) in [5.74, 6) is -0.0516. The van der Waals surface area contributed by atoms with Crippen molar-refractivity contribution in [2.75, 3.05) is 5.32 Å². The van der Waals surface area contributed by atoms with Gasteiger partial charge in [-0.1, -0.05) is 23.4 Å². The molecule has 0 bridgehead atoms. The molecule has 0 saturated heterocycles. The van der Waals surface area contributed by atoms with Crippen LogP contribution in [0.25, 0.3) is 0 Å². The van der Waals surface area contributed by atoms with Crippen molar-refractivity contribution in [3.63, 3.8) is 0 Å². The van der Waals surface area contributed by atoms with E-state index in [1.54, 1.807) is 17.4 Å². The second-order valence-corrected chi connectivity index (χ2v) is 7.62. The zero-order valence-corrected chi connectivity index (χ0v) is 16.0. The van der Waals surface area contributed by atoms with Gasteiger partial charge >= 0.3 is 0 Å². The number of nitrogens with zero attached hydrogens (tertiary/aromatic N) is 1. The number of aromatic nitrogens is 1. The summed E-state index contributed by atoms with van der Waals surface area (Å²) in [7, 11) is 0. The van der Waals surface area contributed by atoms with Crippen molar-refractivity contribution in [2.24, 2.45) is 5.73 Å². The Labute approximate surface area is 155 Å². The number of carbonyl (C=O) groups is 1. The van der Waals surface area contributed by atoms with Crippen molar-refractivity contribution < 1.29 is 4.79 Å². The molecule has 1 amide bonds. The van der Waals surface area contributed by atoms with Gasteiger partial charge in [-0.3, -0.25) is 4.79 Å². The molecule has 2 aromatic rings. The number of hydrogen-bond acceptors (Lipinski definition) is 5. The van der Waals surface area contributed by atoms with E-state index >= 15 is 0 Å². The van der Waals surface area contributed by atoms with Crippen molar-refractivity contribution in [1.29, 1.82) is 0 Å². The van der Waals surface area contributed by atoms with Crippen molar-refractivity contribution in [3.8, 4) is 0 Å². The number of thiazole rings is 1. The highest BCUT2D eigenvalue weighted by atomic mass is 35.5. The Hall–Kier alpha value is -0.790. The van der Waals surface area contributed by atoms with Gasteiger partial charge in [-0.25, -0.2) is 4.98 Å². The Morgan fingerprint density at radius 1 is 1.52 bits per heavy atom. The third-order valence-corrected chi connectivity index (χ3v) is 5.39. The molecule has 23 heavy (non-hydrogen) atoms. The van der Waals surface area contributed by atoms with Crippen LogP contribution >= 0.6 is 47.1 Å². The molecule has 1 unspecified atom stereocenters. The van der Waals surface area contributed by atoms with Crippen LogP contribution in [0.4, 0.5) is 5.69 Å². The van der Waals surface area contributed by atoms with E-state index < -0.39 is 0 Å². The Morgan fingerprint density at radius 2 is 2.26 bits per heavy atom. The monoisotopic (exact) mass is 391 g/mol. The number of amides is 1. The van der Waals surface area contributed by atoms with Crippen molar-refractivity contribution in [3.05, 3.63) is 34.3 Å². The number of carbonyl (C=O) groups excluding carboxylic acids is 1. The third kappa shape index (κ3) is 6.69. The lowest BCUT2D eigenvalue weighted by Crippen LogP contribution is -2.19. The number of nitrogens with two attached hydrogens (primary N) is 1. The number of benzene rings is 1. The van der Waals surface area contributed by atoms with Gasteiger partial charge in [0.1, 0.15) is 0 Å². The molecule has 1 heterocycles. The van der Waals surface area contributed by atoms with Gasteiger partial charge in [0.15, 0.2) is 4.34 Å². The van der Waals surface area contributed by atoms with Crippen LogP contribution in [-0.4, -0.2) is 16.9 Å². The SMILES string of the molecule is Cc1csc(Sc2ccc(NC(=O)CCC(C)N)cc2Cl)n1.Cl. The lowest BCUT2D eigenvalue weighted by atomic mass is 10.2. The fraction of sp³-hybridized carbons (Fsp3) is 0.333. The molecule has 0 radical (unpaired) electrons. The first kappa shape index (κ1) is 20.3. The molecule has 0 spiro atoms. The predicted molar refractivity (Wildman–Crippen MR) is 101 cm³/mol. The summed E-state index contributed by atoms with van der Waals surface area (Å²) in [6.45, 7) is 3.85. The first-order chi connectivity index (χ1) is 10.4. The van der Waals surface area contributed by atoms with Crippen LogP contribution in [0.15, 0.2) is 32.8 Å². The predicted octanol–water partition coefficient (Wildman–Crippen LogP) is 4.74. The molecule has 8 heteroatoms. The summed E-state index contributed by atoms with van der Waals surface area (Å²) < 4.78 is 0.952. The minimum absolute atomic E-state index is 0. The molecule has 1 aromatic heterocycles. The Morgan fingerprint density at radius 3 is 2.83 bits per heavy atom. The Bertz CT molecular complexity index is 662. The summed E-state index contributed by atoms with van der Waals surface area (Å²) in [4.78, 5) is 17.1. The van der Waals surface area contributed by atoms with Crippen molar-refractivity contribution in [2.45, 2.75) is 42.0 Å². The second kappa shape index (κ2) is 9.49. The fourth-order valence-electron chi connectivity index (χ4n) is 1.72. The van der Waals surface area contributed by atoms with Crippen LogP contribution in [0.1, 0.15) is 25.5 Å². The molecule has 2 rings (SSSR count). The average Bonchev–Trinajstić information content (AvgIpc) is 2.85. The topological polar surface area (TPSA) is 68.0 Å². The van der Waals surface area contributed by atoms with E-state index in [-0.39, 0.29) is 24.4 Å². The Kier molecular flexibility index (Phi) is 8.36. The first-order valence-electron chi connectivity index (χ1n) is 6.89. The smallest absolute Gasteiger partial charge is 0.224 e. The highest BCUT2D eigenvalue weighted by Crippen LogP contribution is 2.36. The lowest BCUT2D eigenvalue weighted by Gasteiger charge is -2.09. The molecule has 0 aliphatic heterocycles. The van der Waals surface area contributed by atoms with Crippen LogP contribution in [0.2, 0.25) is 5.02 Å². The molecule has 0 aliphatic rings. The van der Waals surface area contributed by atoms with Gasteiger partial charge in [0.2, 0.25) is 5.91 Å². The van der Waals surface area contributed by atoms with Crippen LogP contribution in [-0.2, 0) is 4.79 Å². The third-order valence-electron chi connectivity index (χ3n) is 2.84. The summed E-state index contributed by atoms with van der Waals surface area (Å²) in [5.41, 5.74) is 7.34. The van der Waals surface area contributed by atoms with Gasteiger partial charge in [-0.05, 0) is 38.5 Å². The van der Waals surface area contributed by atoms with E-state index in [9.17, 15) is 4.79 Å². The fourth-order valence-corrected chi connectivity index (χ4v) is 3.81. The van der Waals surface area contributed by atoms with E-state index in [0.717, 1.165) is 14.9 Å². The molecule has 1 atom stereocenters. The number of hydrogen-bond donors (Lipinski definition) is 2. The minimum Gasteiger partial charge on any atom is -0.328 e. The molecule has 0 aliphatic carbocycles. The van der Waals surface area contributed by atoms with Crippen LogP contribution in [0, 0.1) is 6.92 Å². The van der Waals surface area contributed by atoms with E-state index in [1.165, 1.54) is 11.8 Å². The number of anilines is 1. The average molecular weight is 392 g/mol. The zero-order valence-electron chi connectivity index (χ0n) is 12.8. The minimum atomic E-state index is -0.0516. The molecule has 3 N–H and O–H groups in total. The quantitative estimate of drug-likeness (QED) is 0.745. The molecule has 0 saturated carbocycles. The molecule has 0 fully saturated rings. The second-order valence-electron chi connectivity index (χ2n) is 5.07. The highest BCUT2D eigenvalue weighted by molar-refractivity contribution is 8.01. The van der Waals surface area contributed by atoms with Crippen LogP contribution in [0.3, 0.4) is 0 Å². The van der Waals surface area contributed by atoms with Gasteiger partial charge in [-0.2, -0.15) is 0 Å². The van der Waals surface area contributed by atoms with E-state index in [0.29, 0.717) is 23.6 Å². The standard InChI is InChI=1S/C15H18ClN3OS2.ClH/c1-9(17)3-6-14(20)19-11-4-5-13(12(16)7-11)22-15-18-10(2)8-21-15;/h4-5,7-9H,3,6,17H2,1-2H3,(H,19,20);1H. The van der Waals surface area contributed by atoms with Gasteiger partial charge in [0.05, 0.1) is 5.02 Å². The maximum absolute atomic E-state index is 11.8. The van der Waals surface area contributed by atoms with Crippen molar-refractivity contribution in [1.82, 2.24) is 4.98 Å². The first-order valence-corrected chi connectivity index (χ1v) is 8.96. The maximum Gasteiger partial charge on any atom is 0.224 e. The van der Waals surface area contributed by atoms with E-state index in [4.69, 9.17) is 17.3 Å². The molecular formula is C15H19Cl2N3OS2. The van der Waals surface area contributed by atoms with Gasteiger partial charge in [-0.15, -0.1) is 23.7 Å². The lowest BCUT2D eigenvalue weighted by molar-refractivity contribution is -0.116. The molecule has 126 valence electrons. The highest BCUT2D eigenvalue weighted by Gasteiger charge is 2.09. The summed E-state index contributed by atoms with van der Waals surface area (Å²) >= 11 is 9.39. The summed E-state index contributed by atoms with van der Waals surface area (Å²) in [6.07, 6.45) is 1.07. The number of aryl methyl sites for hydroxylation is 1. The summed E-state index contributed by atoms with van der Waals surface area (Å²) in [5, 5.41) is 5.44. The Balaban J connectivity index is 0.00000264. The largest absolute Gasteiger partial charge is 0.328 e. The number of halogens is 2. The van der Waals surface area contributed by atoms with Crippen molar-refractivity contribution >= 4 is 58.7 Å². The van der Waals surface area contributed by atoms with E-state index in [2.05, 4.69) is 10.3 Å². The zero-order chi connectivity index (χ0) is 16.1. The molecular weight excluding hydrogens is 373 g/mol. The van der Waals surface area contributed by atoms with Crippen LogP contribution in [0.5, 0.6) is 0 Å². The van der Waals surface area contributed by atoms with Gasteiger partial charge < -0.3 is 11.1 Å². The molecule has 1 aromatic carbocycles.